The molecule has 0 saturated carbocycles. The SMILES string of the molecule is N[C@@H]1c2ccc(F)cc2CC[C@H]1F. The highest BCUT2D eigenvalue weighted by atomic mass is 19.1. The van der Waals surface area contributed by atoms with E-state index in [1.165, 1.54) is 12.1 Å². The first kappa shape index (κ1) is 8.63. The van der Waals surface area contributed by atoms with Crippen molar-refractivity contribution in [1.82, 2.24) is 0 Å². The lowest BCUT2D eigenvalue weighted by Crippen LogP contribution is -2.28. The fourth-order valence-corrected chi connectivity index (χ4v) is 1.78. The van der Waals surface area contributed by atoms with Gasteiger partial charge in [-0.3, -0.25) is 0 Å². The fourth-order valence-electron chi connectivity index (χ4n) is 1.78. The van der Waals surface area contributed by atoms with E-state index in [1.807, 2.05) is 0 Å². The van der Waals surface area contributed by atoms with Gasteiger partial charge in [-0.25, -0.2) is 8.78 Å². The van der Waals surface area contributed by atoms with Gasteiger partial charge in [0.25, 0.3) is 0 Å². The summed E-state index contributed by atoms with van der Waals surface area (Å²) in [4.78, 5) is 0. The smallest absolute Gasteiger partial charge is 0.123 e. The van der Waals surface area contributed by atoms with Crippen LogP contribution in [0.3, 0.4) is 0 Å². The van der Waals surface area contributed by atoms with E-state index in [-0.39, 0.29) is 5.82 Å². The van der Waals surface area contributed by atoms with Crippen molar-refractivity contribution >= 4 is 0 Å². The average Bonchev–Trinajstić information content (AvgIpc) is 2.12. The number of alkyl halides is 1. The van der Waals surface area contributed by atoms with E-state index in [0.717, 1.165) is 11.1 Å². The van der Waals surface area contributed by atoms with Crippen molar-refractivity contribution in [2.45, 2.75) is 25.1 Å². The molecule has 2 atom stereocenters. The maximum atomic E-state index is 13.1. The molecule has 0 unspecified atom stereocenters. The normalized spacial score (nSPS) is 27.0. The Bertz CT molecular complexity index is 325. The van der Waals surface area contributed by atoms with E-state index in [1.54, 1.807) is 6.07 Å². The van der Waals surface area contributed by atoms with E-state index >= 15 is 0 Å². The third-order valence-corrected chi connectivity index (χ3v) is 2.54. The summed E-state index contributed by atoms with van der Waals surface area (Å²) < 4.78 is 25.9. The van der Waals surface area contributed by atoms with Crippen molar-refractivity contribution in [3.63, 3.8) is 0 Å². The largest absolute Gasteiger partial charge is 0.322 e. The van der Waals surface area contributed by atoms with Crippen molar-refractivity contribution in [1.29, 1.82) is 0 Å². The number of benzene rings is 1. The Morgan fingerprint density at radius 3 is 2.92 bits per heavy atom. The molecule has 2 rings (SSSR count). The van der Waals surface area contributed by atoms with Crippen LogP contribution in [0, 0.1) is 5.82 Å². The Balaban J connectivity index is 2.44. The minimum absolute atomic E-state index is 0.275. The van der Waals surface area contributed by atoms with Gasteiger partial charge in [0, 0.05) is 0 Å². The van der Waals surface area contributed by atoms with Crippen LogP contribution in [0.2, 0.25) is 0 Å². The summed E-state index contributed by atoms with van der Waals surface area (Å²) >= 11 is 0. The lowest BCUT2D eigenvalue weighted by molar-refractivity contribution is 0.254. The molecule has 2 N–H and O–H groups in total. The zero-order chi connectivity index (χ0) is 9.42. The van der Waals surface area contributed by atoms with Crippen LogP contribution >= 0.6 is 0 Å². The monoisotopic (exact) mass is 183 g/mol. The predicted octanol–water partition coefficient (Wildman–Crippen LogP) is 2.11. The van der Waals surface area contributed by atoms with E-state index in [4.69, 9.17) is 5.73 Å². The molecule has 1 aromatic carbocycles. The van der Waals surface area contributed by atoms with Crippen molar-refractivity contribution < 1.29 is 8.78 Å². The fraction of sp³-hybridized carbons (Fsp3) is 0.400. The van der Waals surface area contributed by atoms with Crippen LogP contribution in [0.15, 0.2) is 18.2 Å². The lowest BCUT2D eigenvalue weighted by atomic mass is 9.87. The van der Waals surface area contributed by atoms with Crippen molar-refractivity contribution in [2.24, 2.45) is 5.73 Å². The molecule has 1 aliphatic carbocycles. The van der Waals surface area contributed by atoms with Crippen LogP contribution in [0.4, 0.5) is 8.78 Å². The Hall–Kier alpha value is -0.960. The van der Waals surface area contributed by atoms with Gasteiger partial charge < -0.3 is 5.73 Å². The highest BCUT2D eigenvalue weighted by Crippen LogP contribution is 2.30. The van der Waals surface area contributed by atoms with Gasteiger partial charge in [-0.1, -0.05) is 6.07 Å². The Kier molecular flexibility index (Phi) is 2.04. The molecule has 3 heteroatoms. The molecule has 0 fully saturated rings. The van der Waals surface area contributed by atoms with Crippen molar-refractivity contribution in [3.05, 3.63) is 35.1 Å². The van der Waals surface area contributed by atoms with Crippen LogP contribution in [0.1, 0.15) is 23.6 Å². The molecule has 0 bridgehead atoms. The summed E-state index contributed by atoms with van der Waals surface area (Å²) in [5.74, 6) is -0.275. The number of nitrogens with two attached hydrogens (primary N) is 1. The summed E-state index contributed by atoms with van der Waals surface area (Å²) in [5.41, 5.74) is 7.24. The van der Waals surface area contributed by atoms with Crippen LogP contribution in [-0.2, 0) is 6.42 Å². The Labute approximate surface area is 75.6 Å². The van der Waals surface area contributed by atoms with Gasteiger partial charge >= 0.3 is 0 Å². The molecule has 70 valence electrons. The van der Waals surface area contributed by atoms with Gasteiger partial charge in [-0.2, -0.15) is 0 Å². The summed E-state index contributed by atoms with van der Waals surface area (Å²) in [6.45, 7) is 0. The zero-order valence-electron chi connectivity index (χ0n) is 7.13. The highest BCUT2D eigenvalue weighted by molar-refractivity contribution is 5.33. The zero-order valence-corrected chi connectivity index (χ0v) is 7.13. The molecule has 1 nitrogen and oxygen atoms in total. The second-order valence-electron chi connectivity index (χ2n) is 3.42. The number of rotatable bonds is 0. The molecule has 0 heterocycles. The van der Waals surface area contributed by atoms with E-state index in [2.05, 4.69) is 0 Å². The summed E-state index contributed by atoms with van der Waals surface area (Å²) in [6.07, 6.45) is -0.00230. The third kappa shape index (κ3) is 1.44. The molecule has 13 heavy (non-hydrogen) atoms. The molecular formula is C10H11F2N. The molecule has 0 radical (unpaired) electrons. The molecule has 0 amide bonds. The molecule has 0 aromatic heterocycles. The van der Waals surface area contributed by atoms with Crippen molar-refractivity contribution in [3.8, 4) is 0 Å². The Morgan fingerprint density at radius 2 is 2.15 bits per heavy atom. The lowest BCUT2D eigenvalue weighted by Gasteiger charge is -2.25. The number of fused-ring (bicyclic) bond motifs is 1. The van der Waals surface area contributed by atoms with Crippen LogP contribution in [0.25, 0.3) is 0 Å². The number of aryl methyl sites for hydroxylation is 1. The first-order chi connectivity index (χ1) is 6.18. The van der Waals surface area contributed by atoms with Gasteiger partial charge in [0.15, 0.2) is 0 Å². The third-order valence-electron chi connectivity index (χ3n) is 2.54. The quantitative estimate of drug-likeness (QED) is 0.655. The maximum Gasteiger partial charge on any atom is 0.123 e. The van der Waals surface area contributed by atoms with Crippen LogP contribution < -0.4 is 5.73 Å². The Morgan fingerprint density at radius 1 is 1.38 bits per heavy atom. The number of hydrogen-bond acceptors (Lipinski definition) is 1. The van der Waals surface area contributed by atoms with Gasteiger partial charge in [-0.15, -0.1) is 0 Å². The average molecular weight is 183 g/mol. The summed E-state index contributed by atoms with van der Waals surface area (Å²) in [6, 6.07) is 3.78. The maximum absolute atomic E-state index is 13.1. The summed E-state index contributed by atoms with van der Waals surface area (Å²) in [5, 5.41) is 0. The molecule has 0 spiro atoms. The minimum atomic E-state index is -0.988. The first-order valence-electron chi connectivity index (χ1n) is 4.36. The van der Waals surface area contributed by atoms with Gasteiger partial charge in [0.2, 0.25) is 0 Å². The topological polar surface area (TPSA) is 26.0 Å². The molecule has 1 aliphatic rings. The predicted molar refractivity (Wildman–Crippen MR) is 46.5 cm³/mol. The second kappa shape index (κ2) is 3.07. The molecule has 1 aromatic rings. The van der Waals surface area contributed by atoms with E-state index < -0.39 is 12.2 Å². The van der Waals surface area contributed by atoms with Gasteiger partial charge in [0.05, 0.1) is 6.04 Å². The first-order valence-corrected chi connectivity index (χ1v) is 4.36. The minimum Gasteiger partial charge on any atom is -0.322 e. The van der Waals surface area contributed by atoms with Gasteiger partial charge in [0.1, 0.15) is 12.0 Å². The summed E-state index contributed by atoms with van der Waals surface area (Å²) in [7, 11) is 0. The molecular weight excluding hydrogens is 172 g/mol. The van der Waals surface area contributed by atoms with E-state index in [9.17, 15) is 8.78 Å². The molecule has 0 aliphatic heterocycles. The molecule has 0 saturated heterocycles. The number of hydrogen-bond donors (Lipinski definition) is 1. The van der Waals surface area contributed by atoms with Crippen molar-refractivity contribution in [2.75, 3.05) is 0 Å². The van der Waals surface area contributed by atoms with Crippen LogP contribution in [-0.4, -0.2) is 6.17 Å². The number of halogens is 2. The van der Waals surface area contributed by atoms with Gasteiger partial charge in [-0.05, 0) is 36.1 Å². The standard InChI is InChI=1S/C10H11F2N/c11-7-2-3-8-6(5-7)1-4-9(12)10(8)13/h2-3,5,9-10H,1,4,13H2/t9-,10-/m1/s1. The van der Waals surface area contributed by atoms with Crippen LogP contribution in [0.5, 0.6) is 0 Å². The van der Waals surface area contributed by atoms with E-state index in [0.29, 0.717) is 12.8 Å². The highest BCUT2D eigenvalue weighted by Gasteiger charge is 2.26. The second-order valence-corrected chi connectivity index (χ2v) is 3.42.